The fourth-order valence-electron chi connectivity index (χ4n) is 6.11. The van der Waals surface area contributed by atoms with Gasteiger partial charge in [-0.3, -0.25) is 14.6 Å². The Labute approximate surface area is 256 Å². The van der Waals surface area contributed by atoms with Crippen molar-refractivity contribution in [3.8, 4) is 17.2 Å². The summed E-state index contributed by atoms with van der Waals surface area (Å²) in [6.07, 6.45) is 3.49. The van der Waals surface area contributed by atoms with Gasteiger partial charge in [0.25, 0.3) is 5.91 Å². The van der Waals surface area contributed by atoms with Crippen molar-refractivity contribution in [3.05, 3.63) is 82.6 Å². The molecule has 1 unspecified atom stereocenters. The molecule has 3 aromatic rings. The summed E-state index contributed by atoms with van der Waals surface area (Å²) in [6, 6.07) is 16.5. The zero-order valence-corrected chi connectivity index (χ0v) is 25.4. The smallest absolute Gasteiger partial charge is 0.256 e. The lowest BCUT2D eigenvalue weighted by Crippen LogP contribution is -2.51. The molecular formula is C32H37ClN4O6. The molecule has 0 radical (unpaired) electrons. The van der Waals surface area contributed by atoms with E-state index in [1.807, 2.05) is 42.5 Å². The Kier molecular flexibility index (Phi) is 9.10. The Hall–Kier alpha value is -3.86. The number of halogens is 1. The molecule has 2 aromatic carbocycles. The number of methoxy groups -OCH3 is 3. The molecule has 1 atom stereocenters. The van der Waals surface area contributed by atoms with Crippen molar-refractivity contribution >= 4 is 23.4 Å². The first-order valence-corrected chi connectivity index (χ1v) is 14.6. The number of likely N-dealkylation sites (tertiary alicyclic amines) is 1. The van der Waals surface area contributed by atoms with E-state index in [1.165, 1.54) is 21.3 Å². The van der Waals surface area contributed by atoms with E-state index in [1.54, 1.807) is 23.2 Å². The zero-order chi connectivity index (χ0) is 30.6. The molecule has 10 nitrogen and oxygen atoms in total. The fourth-order valence-corrected chi connectivity index (χ4v) is 6.24. The number of nitrogens with two attached hydrogens (primary N) is 1. The molecule has 2 saturated heterocycles. The van der Waals surface area contributed by atoms with Crippen molar-refractivity contribution in [2.24, 2.45) is 5.73 Å². The second-order valence-electron chi connectivity index (χ2n) is 10.9. The van der Waals surface area contributed by atoms with Crippen LogP contribution in [0.2, 0.25) is 5.02 Å². The van der Waals surface area contributed by atoms with Crippen LogP contribution in [0.15, 0.2) is 60.8 Å². The maximum atomic E-state index is 13.7. The van der Waals surface area contributed by atoms with Crippen LogP contribution < -0.4 is 19.9 Å². The van der Waals surface area contributed by atoms with Gasteiger partial charge in [-0.2, -0.15) is 0 Å². The Balaban J connectivity index is 1.34. The number of ether oxygens (including phenoxy) is 4. The van der Waals surface area contributed by atoms with Crippen LogP contribution in [0.3, 0.4) is 0 Å². The van der Waals surface area contributed by atoms with Gasteiger partial charge in [-0.1, -0.05) is 29.8 Å². The summed E-state index contributed by atoms with van der Waals surface area (Å²) in [7, 11) is 4.55. The van der Waals surface area contributed by atoms with Crippen molar-refractivity contribution in [1.82, 2.24) is 14.8 Å². The molecule has 11 heteroatoms. The summed E-state index contributed by atoms with van der Waals surface area (Å²) in [5.74, 6) is 0.659. The van der Waals surface area contributed by atoms with Gasteiger partial charge < -0.3 is 34.5 Å². The molecule has 2 aliphatic rings. The molecule has 0 saturated carbocycles. The van der Waals surface area contributed by atoms with Crippen LogP contribution >= 0.6 is 11.6 Å². The lowest BCUT2D eigenvalue weighted by Gasteiger charge is -2.40. The van der Waals surface area contributed by atoms with Crippen LogP contribution in [0.25, 0.3) is 0 Å². The highest BCUT2D eigenvalue weighted by atomic mass is 35.5. The monoisotopic (exact) mass is 608 g/mol. The number of piperidine rings is 1. The van der Waals surface area contributed by atoms with E-state index >= 15 is 0 Å². The lowest BCUT2D eigenvalue weighted by atomic mass is 9.74. The van der Waals surface area contributed by atoms with Gasteiger partial charge >= 0.3 is 0 Å². The summed E-state index contributed by atoms with van der Waals surface area (Å²) in [4.78, 5) is 34.8. The maximum Gasteiger partial charge on any atom is 0.256 e. The minimum absolute atomic E-state index is 0.114. The number of amides is 2. The number of aromatic nitrogens is 1. The molecule has 0 spiro atoms. The number of carbonyl (C=O) groups is 2. The van der Waals surface area contributed by atoms with Crippen LogP contribution in [-0.2, 0) is 20.5 Å². The highest BCUT2D eigenvalue weighted by Gasteiger charge is 2.45. The van der Waals surface area contributed by atoms with Gasteiger partial charge in [-0.05, 0) is 74.3 Å². The minimum atomic E-state index is -0.779. The zero-order valence-electron chi connectivity index (χ0n) is 24.7. The molecule has 5 rings (SSSR count). The summed E-state index contributed by atoms with van der Waals surface area (Å²) in [5.41, 5.74) is 6.45. The predicted octanol–water partition coefficient (Wildman–Crippen LogP) is 4.00. The summed E-state index contributed by atoms with van der Waals surface area (Å²) >= 11 is 6.22. The minimum Gasteiger partial charge on any atom is -0.493 e. The molecule has 2 N–H and O–H groups in total. The Bertz CT molecular complexity index is 1420. The van der Waals surface area contributed by atoms with Crippen molar-refractivity contribution in [2.75, 3.05) is 54.2 Å². The van der Waals surface area contributed by atoms with Gasteiger partial charge in [-0.15, -0.1) is 0 Å². The topological polar surface area (TPSA) is 116 Å². The maximum absolute atomic E-state index is 13.7. The van der Waals surface area contributed by atoms with Crippen LogP contribution in [0.1, 0.15) is 40.9 Å². The number of carbonyl (C=O) groups excluding carboxylic acids is 2. The molecule has 43 heavy (non-hydrogen) atoms. The summed E-state index contributed by atoms with van der Waals surface area (Å²) < 4.78 is 22.8. The Morgan fingerprint density at radius 3 is 2.23 bits per heavy atom. The molecule has 2 amide bonds. The number of pyridine rings is 1. The third-order valence-corrected chi connectivity index (χ3v) is 8.93. The van der Waals surface area contributed by atoms with Crippen molar-refractivity contribution in [3.63, 3.8) is 0 Å². The van der Waals surface area contributed by atoms with Crippen LogP contribution in [-0.4, -0.2) is 80.8 Å². The molecular weight excluding hydrogens is 572 g/mol. The van der Waals surface area contributed by atoms with Crippen molar-refractivity contribution < 1.29 is 28.5 Å². The number of rotatable bonds is 10. The highest BCUT2D eigenvalue weighted by Crippen LogP contribution is 2.41. The predicted molar refractivity (Wildman–Crippen MR) is 162 cm³/mol. The fraction of sp³-hybridized carbons (Fsp3) is 0.406. The first-order valence-electron chi connectivity index (χ1n) is 14.2. The molecule has 2 fully saturated rings. The van der Waals surface area contributed by atoms with Crippen LogP contribution in [0.4, 0.5) is 0 Å². The van der Waals surface area contributed by atoms with Gasteiger partial charge in [0.1, 0.15) is 12.3 Å². The van der Waals surface area contributed by atoms with E-state index in [4.69, 9.17) is 36.3 Å². The number of benzene rings is 2. The van der Waals surface area contributed by atoms with Crippen LogP contribution in [0, 0.1) is 0 Å². The average Bonchev–Trinajstić information content (AvgIpc) is 3.49. The normalized spacial score (nSPS) is 20.0. The third kappa shape index (κ3) is 6.00. The molecule has 0 aliphatic carbocycles. The Morgan fingerprint density at radius 2 is 1.67 bits per heavy atom. The highest BCUT2D eigenvalue weighted by molar-refractivity contribution is 6.30. The van der Waals surface area contributed by atoms with E-state index in [2.05, 4.69) is 9.88 Å². The second-order valence-corrected chi connectivity index (χ2v) is 11.4. The van der Waals surface area contributed by atoms with E-state index in [0.29, 0.717) is 73.3 Å². The van der Waals surface area contributed by atoms with Gasteiger partial charge in [0.05, 0.1) is 39.0 Å². The third-order valence-electron chi connectivity index (χ3n) is 8.68. The quantitative estimate of drug-likeness (QED) is 0.367. The van der Waals surface area contributed by atoms with E-state index < -0.39 is 11.0 Å². The molecule has 3 heterocycles. The standard InChI is InChI=1S/C32H37ClN4O6/c1-40-25-18-22(19-26(41-2)28(25)42-3)29(38)37-20-32(43-21-37,23-7-9-24(33)10-8-23)13-17-36-15-11-31(12-16-36,30(34)39)27-6-4-5-14-35-27/h4-10,14,18-19H,11-13,15-17,20-21H2,1-3H3,(H2,34,39). The van der Waals surface area contributed by atoms with E-state index in [-0.39, 0.29) is 18.5 Å². The van der Waals surface area contributed by atoms with Gasteiger partial charge in [0, 0.05) is 23.3 Å². The average molecular weight is 609 g/mol. The van der Waals surface area contributed by atoms with E-state index in [9.17, 15) is 9.59 Å². The number of hydrogen-bond donors (Lipinski definition) is 1. The summed E-state index contributed by atoms with van der Waals surface area (Å²) in [6.45, 7) is 2.53. The SMILES string of the molecule is COc1cc(C(=O)N2COC(CCN3CCC(C(N)=O)(c4ccccn4)CC3)(c3ccc(Cl)cc3)C2)cc(OC)c1OC. The first-order chi connectivity index (χ1) is 20.7. The first kappa shape index (κ1) is 30.6. The number of nitrogens with zero attached hydrogens (tertiary/aromatic N) is 3. The molecule has 2 aliphatic heterocycles. The summed E-state index contributed by atoms with van der Waals surface area (Å²) in [5, 5.41) is 0.621. The van der Waals surface area contributed by atoms with Gasteiger partial charge in [0.15, 0.2) is 11.5 Å². The lowest BCUT2D eigenvalue weighted by molar-refractivity contribution is -0.125. The van der Waals surface area contributed by atoms with Gasteiger partial charge in [-0.25, -0.2) is 0 Å². The van der Waals surface area contributed by atoms with Crippen molar-refractivity contribution in [1.29, 1.82) is 0 Å². The largest absolute Gasteiger partial charge is 0.493 e. The second kappa shape index (κ2) is 12.8. The molecule has 1 aromatic heterocycles. The van der Waals surface area contributed by atoms with Crippen molar-refractivity contribution in [2.45, 2.75) is 30.3 Å². The molecule has 228 valence electrons. The Morgan fingerprint density at radius 1 is 1.00 bits per heavy atom. The number of primary amides is 1. The van der Waals surface area contributed by atoms with E-state index in [0.717, 1.165) is 11.3 Å². The number of hydrogen-bond acceptors (Lipinski definition) is 8. The van der Waals surface area contributed by atoms with Crippen LogP contribution in [0.5, 0.6) is 17.2 Å². The van der Waals surface area contributed by atoms with Gasteiger partial charge in [0.2, 0.25) is 11.7 Å². The molecule has 0 bridgehead atoms.